The highest BCUT2D eigenvalue weighted by atomic mass is 79.9. The molecule has 1 N–H and O–H groups in total. The fraction of sp³-hybridized carbons (Fsp3) is 0.278. The van der Waals surface area contributed by atoms with Crippen LogP contribution < -0.4 is 5.32 Å². The van der Waals surface area contributed by atoms with Gasteiger partial charge in [-0.05, 0) is 42.9 Å². The summed E-state index contributed by atoms with van der Waals surface area (Å²) in [5.74, 6) is -0.174. The van der Waals surface area contributed by atoms with Gasteiger partial charge in [0.25, 0.3) is 5.91 Å². The van der Waals surface area contributed by atoms with Crippen molar-refractivity contribution in [1.82, 2.24) is 10.2 Å². The summed E-state index contributed by atoms with van der Waals surface area (Å²) in [5, 5.41) is 3.37. The Labute approximate surface area is 150 Å². The summed E-state index contributed by atoms with van der Waals surface area (Å²) in [5.41, 5.74) is 2.79. The number of nitrogens with one attached hydrogen (secondary N) is 1. The normalized spacial score (nSPS) is 10.8. The van der Waals surface area contributed by atoms with Crippen LogP contribution in [0.2, 0.25) is 5.02 Å². The molecule has 0 atom stereocenters. The lowest BCUT2D eigenvalue weighted by molar-refractivity contribution is 0.0951. The molecule has 2 aromatic carbocycles. The number of carbonyl (C=O) groups is 1. The lowest BCUT2D eigenvalue weighted by Crippen LogP contribution is -2.23. The van der Waals surface area contributed by atoms with Gasteiger partial charge in [-0.3, -0.25) is 4.79 Å². The third-order valence-electron chi connectivity index (χ3n) is 3.61. The molecule has 0 aliphatic carbocycles. The fourth-order valence-corrected chi connectivity index (χ4v) is 2.77. The maximum absolute atomic E-state index is 12.3. The molecule has 2 aromatic rings. The van der Waals surface area contributed by atoms with Gasteiger partial charge in [-0.15, -0.1) is 0 Å². The van der Waals surface area contributed by atoms with Crippen LogP contribution in [0.15, 0.2) is 46.9 Å². The summed E-state index contributed by atoms with van der Waals surface area (Å²) in [4.78, 5) is 14.5. The van der Waals surface area contributed by atoms with Gasteiger partial charge in [0.15, 0.2) is 0 Å². The van der Waals surface area contributed by atoms with Crippen LogP contribution in [0.5, 0.6) is 0 Å². The molecule has 0 aliphatic rings. The number of benzene rings is 2. The van der Waals surface area contributed by atoms with Gasteiger partial charge in [0.1, 0.15) is 0 Å². The maximum atomic E-state index is 12.3. The van der Waals surface area contributed by atoms with Crippen molar-refractivity contribution in [2.24, 2.45) is 0 Å². The maximum Gasteiger partial charge on any atom is 0.253 e. The molecule has 0 fully saturated rings. The molecule has 0 radical (unpaired) electrons. The fourth-order valence-electron chi connectivity index (χ4n) is 2.21. The lowest BCUT2D eigenvalue weighted by Gasteiger charge is -2.14. The molecule has 3 nitrogen and oxygen atoms in total. The molecule has 1 amide bonds. The SMILES string of the molecule is CCN(C)Cc1cccc(CNC(=O)c2cc(Br)ccc2Cl)c1. The van der Waals surface area contributed by atoms with Crippen molar-refractivity contribution < 1.29 is 4.79 Å². The lowest BCUT2D eigenvalue weighted by atomic mass is 10.1. The van der Waals surface area contributed by atoms with E-state index in [4.69, 9.17) is 11.6 Å². The summed E-state index contributed by atoms with van der Waals surface area (Å²) < 4.78 is 0.830. The second kappa shape index (κ2) is 8.48. The Hall–Kier alpha value is -1.36. The minimum absolute atomic E-state index is 0.174. The van der Waals surface area contributed by atoms with E-state index in [2.05, 4.69) is 52.3 Å². The highest BCUT2D eigenvalue weighted by molar-refractivity contribution is 9.10. The third kappa shape index (κ3) is 5.34. The van der Waals surface area contributed by atoms with Crippen molar-refractivity contribution in [1.29, 1.82) is 0 Å². The quantitative estimate of drug-likeness (QED) is 0.782. The van der Waals surface area contributed by atoms with Crippen LogP contribution in [0, 0.1) is 0 Å². The van der Waals surface area contributed by atoms with Gasteiger partial charge in [-0.25, -0.2) is 0 Å². The Morgan fingerprint density at radius 1 is 1.22 bits per heavy atom. The number of amides is 1. The summed E-state index contributed by atoms with van der Waals surface area (Å²) in [6.45, 7) is 4.51. The van der Waals surface area contributed by atoms with Crippen molar-refractivity contribution in [3.8, 4) is 0 Å². The van der Waals surface area contributed by atoms with Crippen LogP contribution in [-0.2, 0) is 13.1 Å². The summed E-state index contributed by atoms with van der Waals surface area (Å²) >= 11 is 9.44. The standard InChI is InChI=1S/C18H20BrClN2O/c1-3-22(2)12-14-6-4-5-13(9-14)11-21-18(23)16-10-15(19)7-8-17(16)20/h4-10H,3,11-12H2,1-2H3,(H,21,23). The van der Waals surface area contributed by atoms with Crippen LogP contribution >= 0.6 is 27.5 Å². The van der Waals surface area contributed by atoms with Crippen LogP contribution in [0.1, 0.15) is 28.4 Å². The Bertz CT molecular complexity index is 690. The zero-order valence-electron chi connectivity index (χ0n) is 13.3. The highest BCUT2D eigenvalue weighted by Crippen LogP contribution is 2.21. The van der Waals surface area contributed by atoms with Crippen LogP contribution in [-0.4, -0.2) is 24.4 Å². The zero-order valence-corrected chi connectivity index (χ0v) is 15.6. The van der Waals surface area contributed by atoms with Crippen LogP contribution in [0.4, 0.5) is 0 Å². The van der Waals surface area contributed by atoms with E-state index in [1.165, 1.54) is 5.56 Å². The summed E-state index contributed by atoms with van der Waals surface area (Å²) in [6, 6.07) is 13.5. The molecule has 0 aromatic heterocycles. The molecule has 5 heteroatoms. The molecule has 0 unspecified atom stereocenters. The minimum atomic E-state index is -0.174. The van der Waals surface area contributed by atoms with E-state index in [9.17, 15) is 4.79 Å². The number of halogens is 2. The number of nitrogens with zero attached hydrogens (tertiary/aromatic N) is 1. The topological polar surface area (TPSA) is 32.3 Å². The molecule has 0 heterocycles. The number of carbonyl (C=O) groups excluding carboxylic acids is 1. The second-order valence-electron chi connectivity index (χ2n) is 5.46. The van der Waals surface area contributed by atoms with E-state index in [-0.39, 0.29) is 5.91 Å². The third-order valence-corrected chi connectivity index (χ3v) is 4.43. The van der Waals surface area contributed by atoms with Crippen molar-refractivity contribution in [3.63, 3.8) is 0 Å². The largest absolute Gasteiger partial charge is 0.348 e. The Morgan fingerprint density at radius 3 is 2.70 bits per heavy atom. The number of hydrogen-bond acceptors (Lipinski definition) is 2. The predicted octanol–water partition coefficient (Wildman–Crippen LogP) is 4.48. The van der Waals surface area contributed by atoms with Gasteiger partial charge < -0.3 is 10.2 Å². The molecule has 0 saturated heterocycles. The van der Waals surface area contributed by atoms with Crippen molar-refractivity contribution in [3.05, 3.63) is 68.7 Å². The van der Waals surface area contributed by atoms with Crippen molar-refractivity contribution in [2.45, 2.75) is 20.0 Å². The van der Waals surface area contributed by atoms with E-state index in [0.717, 1.165) is 23.1 Å². The first-order valence-corrected chi connectivity index (χ1v) is 8.66. The minimum Gasteiger partial charge on any atom is -0.348 e. The summed E-state index contributed by atoms with van der Waals surface area (Å²) in [7, 11) is 2.09. The predicted molar refractivity (Wildman–Crippen MR) is 98.8 cm³/mol. The van der Waals surface area contributed by atoms with Crippen LogP contribution in [0.25, 0.3) is 0 Å². The Kier molecular flexibility index (Phi) is 6.63. The first-order valence-electron chi connectivity index (χ1n) is 7.49. The van der Waals surface area contributed by atoms with Gasteiger partial charge in [0.2, 0.25) is 0 Å². The van der Waals surface area contributed by atoms with Gasteiger partial charge in [0.05, 0.1) is 10.6 Å². The molecule has 23 heavy (non-hydrogen) atoms. The van der Waals surface area contributed by atoms with E-state index >= 15 is 0 Å². The molecule has 0 aliphatic heterocycles. The second-order valence-corrected chi connectivity index (χ2v) is 6.78. The molecule has 2 rings (SSSR count). The molecule has 122 valence electrons. The first-order chi connectivity index (χ1) is 11.0. The average Bonchev–Trinajstić information content (AvgIpc) is 2.55. The van der Waals surface area contributed by atoms with Crippen molar-refractivity contribution >= 4 is 33.4 Å². The van der Waals surface area contributed by atoms with Crippen LogP contribution in [0.3, 0.4) is 0 Å². The van der Waals surface area contributed by atoms with E-state index in [1.807, 2.05) is 18.2 Å². The van der Waals surface area contributed by atoms with Gasteiger partial charge in [0, 0.05) is 17.6 Å². The molecule has 0 saturated carbocycles. The molecular formula is C18H20BrClN2O. The van der Waals surface area contributed by atoms with Crippen molar-refractivity contribution in [2.75, 3.05) is 13.6 Å². The molecule has 0 spiro atoms. The van der Waals surface area contributed by atoms with E-state index in [0.29, 0.717) is 17.1 Å². The van der Waals surface area contributed by atoms with E-state index in [1.54, 1.807) is 12.1 Å². The Morgan fingerprint density at radius 2 is 1.96 bits per heavy atom. The van der Waals surface area contributed by atoms with E-state index < -0.39 is 0 Å². The highest BCUT2D eigenvalue weighted by Gasteiger charge is 2.10. The molecular weight excluding hydrogens is 376 g/mol. The average molecular weight is 396 g/mol. The smallest absolute Gasteiger partial charge is 0.253 e. The van der Waals surface area contributed by atoms with Gasteiger partial charge in [-0.2, -0.15) is 0 Å². The molecule has 0 bridgehead atoms. The number of rotatable bonds is 6. The summed E-state index contributed by atoms with van der Waals surface area (Å²) in [6.07, 6.45) is 0. The zero-order chi connectivity index (χ0) is 16.8. The van der Waals surface area contributed by atoms with Gasteiger partial charge >= 0.3 is 0 Å². The van der Waals surface area contributed by atoms with Gasteiger partial charge in [-0.1, -0.05) is 58.7 Å². The monoisotopic (exact) mass is 394 g/mol. The Balaban J connectivity index is 2.01. The first kappa shape index (κ1) is 18.0. The number of hydrogen-bond donors (Lipinski definition) is 1.